The third-order valence-corrected chi connectivity index (χ3v) is 6.78. The maximum absolute atomic E-state index is 14.0. The lowest BCUT2D eigenvalue weighted by Crippen LogP contribution is -2.71. The van der Waals surface area contributed by atoms with Gasteiger partial charge in [0.25, 0.3) is 5.97 Å². The Hall–Kier alpha value is -2.74. The van der Waals surface area contributed by atoms with Crippen molar-refractivity contribution in [1.82, 2.24) is 5.32 Å². The van der Waals surface area contributed by atoms with Crippen LogP contribution in [-0.2, 0) is 33.5 Å². The van der Waals surface area contributed by atoms with E-state index in [1.807, 2.05) is 13.8 Å². The van der Waals surface area contributed by atoms with Crippen molar-refractivity contribution in [3.63, 3.8) is 0 Å². The molecule has 13 nitrogen and oxygen atoms in total. The van der Waals surface area contributed by atoms with Crippen molar-refractivity contribution in [3.8, 4) is 0 Å². The number of amides is 1. The molecule has 1 aliphatic rings. The van der Waals surface area contributed by atoms with Gasteiger partial charge >= 0.3 is 5.97 Å². The number of unbranched alkanes of at least 4 members (excludes halogenated alkanes) is 1. The molecule has 10 N–H and O–H groups in total. The van der Waals surface area contributed by atoms with Crippen LogP contribution in [0, 0.1) is 17.3 Å². The highest BCUT2D eigenvalue weighted by Gasteiger charge is 2.72. The summed E-state index contributed by atoms with van der Waals surface area (Å²) >= 11 is 0. The molecular weight excluding hydrogens is 510 g/mol. The van der Waals surface area contributed by atoms with E-state index in [-0.39, 0.29) is 38.2 Å². The maximum Gasteiger partial charge on any atom is 0.327 e. The molecule has 5 atom stereocenters. The topological polar surface area (TPSA) is 248 Å². The van der Waals surface area contributed by atoms with E-state index in [2.05, 4.69) is 5.32 Å². The Balaban J connectivity index is 0.00000336. The molecule has 1 aliphatic carbocycles. The molecule has 0 aromatic heterocycles. The summed E-state index contributed by atoms with van der Waals surface area (Å²) in [6.45, 7) is 7.41. The van der Waals surface area contributed by atoms with Crippen LogP contribution in [0.5, 0.6) is 0 Å². The van der Waals surface area contributed by atoms with Crippen molar-refractivity contribution in [1.29, 1.82) is 0 Å². The second-order valence-electron chi connectivity index (χ2n) is 10.3. The van der Waals surface area contributed by atoms with E-state index >= 15 is 0 Å². The van der Waals surface area contributed by atoms with Crippen LogP contribution in [-0.4, -0.2) is 77.6 Å². The van der Waals surface area contributed by atoms with Gasteiger partial charge in [0.2, 0.25) is 5.91 Å². The van der Waals surface area contributed by atoms with Crippen molar-refractivity contribution >= 4 is 35.2 Å². The standard InChI is InChI=1S/C24H43N5O6.C2H4O2/c1-5-35-22(34)23(28)10-9-16(20(32)18(12-14(2)3)29-15(4)30)24(23,19(31)13-26)21(33)17(27)8-6-7-11-25;1-2(3)4/h14,16-18H,5-13,25-28H2,1-4H3,(H,29,30);1H3,(H,3,4). The minimum absolute atomic E-state index is 0.0127. The van der Waals surface area contributed by atoms with Crippen LogP contribution >= 0.6 is 0 Å². The average Bonchev–Trinajstić information content (AvgIpc) is 3.16. The molecule has 1 fully saturated rings. The van der Waals surface area contributed by atoms with Gasteiger partial charge in [-0.3, -0.25) is 28.8 Å². The fraction of sp³-hybridized carbons (Fsp3) is 0.769. The van der Waals surface area contributed by atoms with E-state index in [0.29, 0.717) is 19.4 Å². The van der Waals surface area contributed by atoms with Crippen LogP contribution < -0.4 is 28.3 Å². The highest BCUT2D eigenvalue weighted by molar-refractivity contribution is 6.19. The highest BCUT2D eigenvalue weighted by Crippen LogP contribution is 2.53. The maximum atomic E-state index is 14.0. The number of carboxylic acids is 1. The highest BCUT2D eigenvalue weighted by atomic mass is 16.5. The molecule has 0 spiro atoms. The van der Waals surface area contributed by atoms with E-state index in [1.165, 1.54) is 6.92 Å². The quantitative estimate of drug-likeness (QED) is 0.0839. The minimum atomic E-state index is -2.30. The van der Waals surface area contributed by atoms with Crippen LogP contribution in [0.15, 0.2) is 0 Å². The lowest BCUT2D eigenvalue weighted by atomic mass is 9.58. The van der Waals surface area contributed by atoms with Gasteiger partial charge in [-0.15, -0.1) is 0 Å². The van der Waals surface area contributed by atoms with Crippen LogP contribution in [0.25, 0.3) is 0 Å². The zero-order chi connectivity index (χ0) is 30.6. The smallest absolute Gasteiger partial charge is 0.327 e. The van der Waals surface area contributed by atoms with Gasteiger partial charge in [0.05, 0.1) is 25.2 Å². The van der Waals surface area contributed by atoms with Crippen molar-refractivity contribution < 1.29 is 38.6 Å². The van der Waals surface area contributed by atoms with Crippen LogP contribution in [0.3, 0.4) is 0 Å². The molecule has 0 aromatic rings. The number of rotatable bonds is 15. The van der Waals surface area contributed by atoms with Crippen molar-refractivity contribution in [3.05, 3.63) is 0 Å². The SMILES string of the molecule is CC(=O)O.CCOC(=O)C1(N)CCC(C(=O)C(CC(C)C)NC(C)=O)C1(C(=O)CN)C(=O)C(N)CCCCN. The molecule has 13 heteroatoms. The molecule has 39 heavy (non-hydrogen) atoms. The zero-order valence-corrected chi connectivity index (χ0v) is 23.8. The summed E-state index contributed by atoms with van der Waals surface area (Å²) in [6.07, 6.45) is 1.39. The Morgan fingerprint density at radius 1 is 1.08 bits per heavy atom. The number of carbonyl (C=O) groups excluding carboxylic acids is 5. The molecule has 0 saturated heterocycles. The Morgan fingerprint density at radius 2 is 1.64 bits per heavy atom. The molecule has 224 valence electrons. The first-order chi connectivity index (χ1) is 18.1. The monoisotopic (exact) mass is 557 g/mol. The van der Waals surface area contributed by atoms with E-state index in [1.54, 1.807) is 6.92 Å². The summed E-state index contributed by atoms with van der Waals surface area (Å²) in [5.74, 6) is -5.70. The Morgan fingerprint density at radius 3 is 2.08 bits per heavy atom. The van der Waals surface area contributed by atoms with Crippen molar-refractivity contribution in [2.24, 2.45) is 40.2 Å². The Bertz CT molecular complexity index is 892. The molecule has 1 saturated carbocycles. The lowest BCUT2D eigenvalue weighted by Gasteiger charge is -2.43. The number of esters is 1. The van der Waals surface area contributed by atoms with Crippen LogP contribution in [0.1, 0.15) is 73.1 Å². The molecule has 0 heterocycles. The Kier molecular flexibility index (Phi) is 15.2. The first-order valence-corrected chi connectivity index (χ1v) is 13.3. The largest absolute Gasteiger partial charge is 0.481 e. The summed E-state index contributed by atoms with van der Waals surface area (Å²) in [7, 11) is 0. The minimum Gasteiger partial charge on any atom is -0.481 e. The predicted octanol–water partition coefficient (Wildman–Crippen LogP) is -0.593. The third kappa shape index (κ3) is 8.88. The lowest BCUT2D eigenvalue weighted by molar-refractivity contribution is -0.166. The van der Waals surface area contributed by atoms with Crippen molar-refractivity contribution in [2.45, 2.75) is 90.8 Å². The Labute approximate surface area is 230 Å². The van der Waals surface area contributed by atoms with Gasteiger partial charge in [-0.05, 0) is 51.5 Å². The number of nitrogens with two attached hydrogens (primary N) is 4. The first-order valence-electron chi connectivity index (χ1n) is 13.3. The fourth-order valence-electron chi connectivity index (χ4n) is 5.25. The summed E-state index contributed by atoms with van der Waals surface area (Å²) in [5.41, 5.74) is 19.7. The number of ketones is 3. The number of hydrogen-bond donors (Lipinski definition) is 6. The molecule has 1 amide bonds. The predicted molar refractivity (Wildman–Crippen MR) is 144 cm³/mol. The van der Waals surface area contributed by atoms with E-state index in [0.717, 1.165) is 6.92 Å². The van der Waals surface area contributed by atoms with E-state index < -0.39 is 70.7 Å². The number of aliphatic carboxylic acids is 1. The van der Waals surface area contributed by atoms with Crippen LogP contribution in [0.2, 0.25) is 0 Å². The summed E-state index contributed by atoms with van der Waals surface area (Å²) in [4.78, 5) is 75.5. The van der Waals surface area contributed by atoms with Crippen molar-refractivity contribution in [2.75, 3.05) is 19.7 Å². The van der Waals surface area contributed by atoms with Gasteiger partial charge in [0, 0.05) is 19.8 Å². The molecule has 0 bridgehead atoms. The molecular formula is C26H47N5O8. The van der Waals surface area contributed by atoms with E-state index in [9.17, 15) is 24.0 Å². The number of carbonyl (C=O) groups is 6. The fourth-order valence-corrected chi connectivity index (χ4v) is 5.25. The second kappa shape index (κ2) is 16.4. The summed E-state index contributed by atoms with van der Waals surface area (Å²) < 4.78 is 5.18. The molecule has 0 aliphatic heterocycles. The molecule has 0 aromatic carbocycles. The molecule has 1 rings (SSSR count). The van der Waals surface area contributed by atoms with Gasteiger partial charge < -0.3 is 38.1 Å². The van der Waals surface area contributed by atoms with Gasteiger partial charge in [-0.1, -0.05) is 20.3 Å². The van der Waals surface area contributed by atoms with E-state index in [4.69, 9.17) is 37.6 Å². The number of ether oxygens (including phenoxy) is 1. The molecule has 5 unspecified atom stereocenters. The van der Waals surface area contributed by atoms with Crippen LogP contribution in [0.4, 0.5) is 0 Å². The third-order valence-electron chi connectivity index (χ3n) is 6.78. The summed E-state index contributed by atoms with van der Waals surface area (Å²) in [5, 5.41) is 10.0. The number of nitrogens with one attached hydrogen (secondary N) is 1. The van der Waals surface area contributed by atoms with Gasteiger partial charge in [0.15, 0.2) is 17.3 Å². The average molecular weight is 558 g/mol. The summed E-state index contributed by atoms with van der Waals surface area (Å²) in [6, 6.07) is -2.15. The number of Topliss-reactive ketones (excluding diaryl/α,β-unsaturated/α-hetero) is 3. The number of hydrogen-bond acceptors (Lipinski definition) is 11. The zero-order valence-electron chi connectivity index (χ0n) is 23.8. The second-order valence-corrected chi connectivity index (χ2v) is 10.3. The van der Waals surface area contributed by atoms with Gasteiger partial charge in [-0.2, -0.15) is 0 Å². The first kappa shape index (κ1) is 36.3. The van der Waals surface area contributed by atoms with Gasteiger partial charge in [-0.25, -0.2) is 0 Å². The van der Waals surface area contributed by atoms with Gasteiger partial charge in [0.1, 0.15) is 11.0 Å². The number of carboxylic acid groups (broad SMARTS) is 1. The molecule has 0 radical (unpaired) electrons. The normalized spacial score (nSPS) is 23.7.